The third-order valence-corrected chi connectivity index (χ3v) is 3.12. The molecule has 112 valence electrons. The Labute approximate surface area is 125 Å². The first kappa shape index (κ1) is 15.3. The van der Waals surface area contributed by atoms with Gasteiger partial charge in [-0.05, 0) is 5.92 Å². The van der Waals surface area contributed by atoms with E-state index in [1.165, 1.54) is 0 Å². The van der Waals surface area contributed by atoms with Gasteiger partial charge in [0.25, 0.3) is 0 Å². The molecule has 0 saturated heterocycles. The molecule has 0 unspecified atom stereocenters. The normalized spacial score (nSPS) is 10.9. The third-order valence-electron chi connectivity index (χ3n) is 3.12. The van der Waals surface area contributed by atoms with E-state index in [9.17, 15) is 4.79 Å². The summed E-state index contributed by atoms with van der Waals surface area (Å²) >= 11 is 0. The maximum absolute atomic E-state index is 11.6. The van der Waals surface area contributed by atoms with Gasteiger partial charge in [-0.3, -0.25) is 4.79 Å². The van der Waals surface area contributed by atoms with Crippen LogP contribution in [0.2, 0.25) is 0 Å². The molecule has 0 spiro atoms. The lowest BCUT2D eigenvalue weighted by molar-refractivity contribution is -0.121. The van der Waals surface area contributed by atoms with Crippen LogP contribution in [0.3, 0.4) is 0 Å². The highest BCUT2D eigenvalue weighted by Gasteiger charge is 2.13. The van der Waals surface area contributed by atoms with E-state index in [0.717, 1.165) is 17.0 Å². The van der Waals surface area contributed by atoms with Crippen molar-refractivity contribution < 1.29 is 9.21 Å². The average molecular weight is 286 g/mol. The van der Waals surface area contributed by atoms with Crippen LogP contribution in [-0.2, 0) is 11.2 Å². The van der Waals surface area contributed by atoms with Gasteiger partial charge in [-0.1, -0.05) is 44.2 Å². The van der Waals surface area contributed by atoms with Crippen LogP contribution in [0.15, 0.2) is 34.7 Å². The Bertz CT molecular complexity index is 588. The quantitative estimate of drug-likeness (QED) is 0.886. The zero-order valence-corrected chi connectivity index (χ0v) is 12.8. The molecule has 4 heteroatoms. The molecule has 1 N–H and O–H groups in total. The minimum absolute atomic E-state index is 0.0856. The predicted molar refractivity (Wildman–Crippen MR) is 82.8 cm³/mol. The van der Waals surface area contributed by atoms with E-state index in [-0.39, 0.29) is 5.91 Å². The Morgan fingerprint density at radius 2 is 2.00 bits per heavy atom. The minimum atomic E-state index is 0.0856. The number of carbonyl (C=O) groups is 1. The van der Waals surface area contributed by atoms with Crippen molar-refractivity contribution in [1.29, 1.82) is 0 Å². The lowest BCUT2D eigenvalue weighted by Crippen LogP contribution is -2.26. The van der Waals surface area contributed by atoms with Crippen LogP contribution >= 0.6 is 0 Å². The van der Waals surface area contributed by atoms with Gasteiger partial charge in [0, 0.05) is 31.9 Å². The lowest BCUT2D eigenvalue weighted by Gasteiger charge is -2.06. The van der Waals surface area contributed by atoms with Crippen molar-refractivity contribution in [2.75, 3.05) is 6.54 Å². The smallest absolute Gasteiger partial charge is 0.220 e. The Morgan fingerprint density at radius 3 is 2.67 bits per heavy atom. The van der Waals surface area contributed by atoms with Gasteiger partial charge in [-0.25, -0.2) is 4.98 Å². The number of hydrogen-bond acceptors (Lipinski definition) is 3. The SMILES string of the molecule is Cc1nc(-c2ccccc2)c(CCNC(=O)CC(C)C)o1. The van der Waals surface area contributed by atoms with E-state index < -0.39 is 0 Å². The summed E-state index contributed by atoms with van der Waals surface area (Å²) in [7, 11) is 0. The third kappa shape index (κ3) is 4.45. The number of benzene rings is 1. The van der Waals surface area contributed by atoms with Gasteiger partial charge in [0.15, 0.2) is 5.89 Å². The maximum atomic E-state index is 11.6. The molecule has 0 bridgehead atoms. The molecule has 0 atom stereocenters. The number of hydrogen-bond donors (Lipinski definition) is 1. The number of oxazole rings is 1. The second-order valence-electron chi connectivity index (χ2n) is 5.57. The summed E-state index contributed by atoms with van der Waals surface area (Å²) in [5.74, 6) is 1.93. The molecule has 0 fully saturated rings. The Balaban J connectivity index is 2.00. The Hall–Kier alpha value is -2.10. The van der Waals surface area contributed by atoms with Crippen LogP contribution < -0.4 is 5.32 Å². The number of amides is 1. The van der Waals surface area contributed by atoms with E-state index in [0.29, 0.717) is 31.2 Å². The molecule has 1 amide bonds. The van der Waals surface area contributed by atoms with E-state index in [4.69, 9.17) is 4.42 Å². The molecule has 0 aliphatic carbocycles. The molecule has 4 nitrogen and oxygen atoms in total. The molecule has 1 aromatic heterocycles. The summed E-state index contributed by atoms with van der Waals surface area (Å²) in [5.41, 5.74) is 1.91. The topological polar surface area (TPSA) is 55.1 Å². The fraction of sp³-hybridized carbons (Fsp3) is 0.412. The predicted octanol–water partition coefficient (Wildman–Crippen LogP) is 3.35. The molecule has 1 aromatic carbocycles. The van der Waals surface area contributed by atoms with E-state index in [2.05, 4.69) is 10.3 Å². The summed E-state index contributed by atoms with van der Waals surface area (Å²) in [4.78, 5) is 16.1. The van der Waals surface area contributed by atoms with Crippen LogP contribution in [0.25, 0.3) is 11.3 Å². The van der Waals surface area contributed by atoms with Crippen LogP contribution in [-0.4, -0.2) is 17.4 Å². The minimum Gasteiger partial charge on any atom is -0.445 e. The van der Waals surface area contributed by atoms with Gasteiger partial charge in [-0.15, -0.1) is 0 Å². The molecular weight excluding hydrogens is 264 g/mol. The molecule has 0 aliphatic heterocycles. The van der Waals surface area contributed by atoms with Crippen molar-refractivity contribution in [3.63, 3.8) is 0 Å². The second-order valence-corrected chi connectivity index (χ2v) is 5.57. The molecule has 2 aromatic rings. The number of nitrogens with one attached hydrogen (secondary N) is 1. The zero-order valence-electron chi connectivity index (χ0n) is 12.8. The fourth-order valence-corrected chi connectivity index (χ4v) is 2.22. The standard InChI is InChI=1S/C17H22N2O2/c1-12(2)11-16(20)18-10-9-15-17(19-13(3)21-15)14-7-5-4-6-8-14/h4-8,12H,9-11H2,1-3H3,(H,18,20). The summed E-state index contributed by atoms with van der Waals surface area (Å²) in [5, 5.41) is 2.92. The van der Waals surface area contributed by atoms with Gasteiger partial charge >= 0.3 is 0 Å². The van der Waals surface area contributed by atoms with Crippen molar-refractivity contribution in [2.24, 2.45) is 5.92 Å². The van der Waals surface area contributed by atoms with Crippen molar-refractivity contribution >= 4 is 5.91 Å². The summed E-state index contributed by atoms with van der Waals surface area (Å²) < 4.78 is 5.67. The van der Waals surface area contributed by atoms with Gasteiger partial charge in [0.05, 0.1) is 0 Å². The van der Waals surface area contributed by atoms with Crippen molar-refractivity contribution in [1.82, 2.24) is 10.3 Å². The van der Waals surface area contributed by atoms with Gasteiger partial charge in [0.1, 0.15) is 11.5 Å². The monoisotopic (exact) mass is 286 g/mol. The average Bonchev–Trinajstić information content (AvgIpc) is 2.80. The van der Waals surface area contributed by atoms with E-state index in [1.807, 2.05) is 51.1 Å². The second kappa shape index (κ2) is 7.07. The van der Waals surface area contributed by atoms with E-state index >= 15 is 0 Å². The fourth-order valence-electron chi connectivity index (χ4n) is 2.22. The first-order chi connectivity index (χ1) is 10.1. The van der Waals surface area contributed by atoms with Crippen LogP contribution in [0, 0.1) is 12.8 Å². The zero-order chi connectivity index (χ0) is 15.2. The number of aryl methyl sites for hydroxylation is 1. The molecule has 0 saturated carbocycles. The van der Waals surface area contributed by atoms with Crippen molar-refractivity contribution in [2.45, 2.75) is 33.6 Å². The highest BCUT2D eigenvalue weighted by atomic mass is 16.4. The van der Waals surface area contributed by atoms with Gasteiger partial charge < -0.3 is 9.73 Å². The van der Waals surface area contributed by atoms with Gasteiger partial charge in [-0.2, -0.15) is 0 Å². The van der Waals surface area contributed by atoms with Crippen LogP contribution in [0.1, 0.15) is 31.9 Å². The molecular formula is C17H22N2O2. The van der Waals surface area contributed by atoms with Crippen LogP contribution in [0.4, 0.5) is 0 Å². The number of rotatable bonds is 6. The van der Waals surface area contributed by atoms with Gasteiger partial charge in [0.2, 0.25) is 5.91 Å². The highest BCUT2D eigenvalue weighted by molar-refractivity contribution is 5.76. The molecule has 0 radical (unpaired) electrons. The first-order valence-electron chi connectivity index (χ1n) is 7.34. The Kier molecular flexibility index (Phi) is 5.14. The summed E-state index contributed by atoms with van der Waals surface area (Å²) in [6, 6.07) is 9.96. The maximum Gasteiger partial charge on any atom is 0.220 e. The molecule has 0 aliphatic rings. The summed E-state index contributed by atoms with van der Waals surface area (Å²) in [6.45, 7) is 6.48. The lowest BCUT2D eigenvalue weighted by atomic mass is 10.1. The van der Waals surface area contributed by atoms with Crippen LogP contribution in [0.5, 0.6) is 0 Å². The molecule has 2 rings (SSSR count). The van der Waals surface area contributed by atoms with Crippen molar-refractivity contribution in [3.05, 3.63) is 42.0 Å². The molecule has 21 heavy (non-hydrogen) atoms. The first-order valence-corrected chi connectivity index (χ1v) is 7.34. The number of nitrogens with zero attached hydrogens (tertiary/aromatic N) is 1. The number of aromatic nitrogens is 1. The van der Waals surface area contributed by atoms with Crippen molar-refractivity contribution in [3.8, 4) is 11.3 Å². The highest BCUT2D eigenvalue weighted by Crippen LogP contribution is 2.23. The largest absolute Gasteiger partial charge is 0.445 e. The summed E-state index contributed by atoms with van der Waals surface area (Å²) in [6.07, 6.45) is 1.20. The Morgan fingerprint density at radius 1 is 1.29 bits per heavy atom. The van der Waals surface area contributed by atoms with E-state index in [1.54, 1.807) is 0 Å². The number of carbonyl (C=O) groups excluding carboxylic acids is 1. The molecule has 1 heterocycles.